The lowest BCUT2D eigenvalue weighted by molar-refractivity contribution is -0.150. The molecule has 2 atom stereocenters. The number of rotatable bonds is 7. The molecular formula is C14H25NO4. The Morgan fingerprint density at radius 2 is 1.95 bits per heavy atom. The smallest absolute Gasteiger partial charge is 0.329 e. The van der Waals surface area contributed by atoms with E-state index in [0.717, 1.165) is 25.7 Å². The van der Waals surface area contributed by atoms with Crippen LogP contribution in [0.15, 0.2) is 0 Å². The molecule has 1 rings (SSSR count). The van der Waals surface area contributed by atoms with Crippen LogP contribution in [-0.4, -0.2) is 34.7 Å². The fourth-order valence-corrected chi connectivity index (χ4v) is 2.25. The van der Waals surface area contributed by atoms with Crippen molar-refractivity contribution in [2.45, 2.75) is 77.0 Å². The molecule has 1 fully saturated rings. The van der Waals surface area contributed by atoms with Gasteiger partial charge in [0.25, 0.3) is 0 Å². The first-order chi connectivity index (χ1) is 8.92. The largest absolute Gasteiger partial charge is 0.480 e. The molecule has 0 spiro atoms. The summed E-state index contributed by atoms with van der Waals surface area (Å²) in [7, 11) is 0. The van der Waals surface area contributed by atoms with Gasteiger partial charge < -0.3 is 15.2 Å². The van der Waals surface area contributed by atoms with Gasteiger partial charge in [-0.3, -0.25) is 4.79 Å². The molecule has 0 aromatic rings. The van der Waals surface area contributed by atoms with Crippen LogP contribution in [0.4, 0.5) is 0 Å². The van der Waals surface area contributed by atoms with Gasteiger partial charge in [-0.05, 0) is 32.6 Å². The highest BCUT2D eigenvalue weighted by atomic mass is 16.5. The highest BCUT2D eigenvalue weighted by Gasteiger charge is 2.35. The average molecular weight is 271 g/mol. The van der Waals surface area contributed by atoms with Crippen molar-refractivity contribution >= 4 is 11.9 Å². The van der Waals surface area contributed by atoms with Gasteiger partial charge in [-0.1, -0.05) is 26.7 Å². The zero-order valence-electron chi connectivity index (χ0n) is 12.1. The Kier molecular flexibility index (Phi) is 5.79. The minimum Gasteiger partial charge on any atom is -0.480 e. The molecule has 0 aliphatic heterocycles. The highest BCUT2D eigenvalue weighted by molar-refractivity contribution is 5.88. The van der Waals surface area contributed by atoms with Crippen molar-refractivity contribution in [2.24, 2.45) is 0 Å². The van der Waals surface area contributed by atoms with Crippen molar-refractivity contribution in [1.82, 2.24) is 5.32 Å². The van der Waals surface area contributed by atoms with Crippen molar-refractivity contribution in [3.63, 3.8) is 0 Å². The van der Waals surface area contributed by atoms with E-state index in [2.05, 4.69) is 5.32 Å². The molecule has 1 amide bonds. The predicted molar refractivity (Wildman–Crippen MR) is 71.9 cm³/mol. The first-order valence-corrected chi connectivity index (χ1v) is 7.13. The number of hydrogen-bond donors (Lipinski definition) is 2. The maximum Gasteiger partial charge on any atom is 0.329 e. The maximum absolute atomic E-state index is 12.1. The number of aliphatic carboxylic acids is 1. The Morgan fingerprint density at radius 1 is 1.37 bits per heavy atom. The van der Waals surface area contributed by atoms with Crippen LogP contribution in [0, 0.1) is 0 Å². The number of carboxylic acids is 1. The van der Waals surface area contributed by atoms with Crippen molar-refractivity contribution in [3.05, 3.63) is 0 Å². The summed E-state index contributed by atoms with van der Waals surface area (Å²) in [5.41, 5.74) is -1.22. The number of ether oxygens (including phenoxy) is 1. The minimum absolute atomic E-state index is 0.147. The van der Waals surface area contributed by atoms with Crippen molar-refractivity contribution in [2.75, 3.05) is 0 Å². The van der Waals surface area contributed by atoms with Crippen LogP contribution >= 0.6 is 0 Å². The summed E-state index contributed by atoms with van der Waals surface area (Å²) in [6, 6.07) is 0. The van der Waals surface area contributed by atoms with E-state index in [1.165, 1.54) is 6.92 Å². The first-order valence-electron chi connectivity index (χ1n) is 7.13. The first kappa shape index (κ1) is 16.0. The SMILES string of the molecule is CCC(OC1CCCC1)C(=O)NC(C)(CC)C(=O)O. The second-order valence-electron chi connectivity index (χ2n) is 5.42. The molecule has 1 aliphatic rings. The lowest BCUT2D eigenvalue weighted by Crippen LogP contribution is -2.55. The van der Waals surface area contributed by atoms with E-state index in [1.54, 1.807) is 6.92 Å². The van der Waals surface area contributed by atoms with E-state index in [0.29, 0.717) is 12.8 Å². The number of carbonyl (C=O) groups excluding carboxylic acids is 1. The van der Waals surface area contributed by atoms with Gasteiger partial charge >= 0.3 is 5.97 Å². The lowest BCUT2D eigenvalue weighted by Gasteiger charge is -2.28. The Balaban J connectivity index is 2.59. The van der Waals surface area contributed by atoms with E-state index in [1.807, 2.05) is 6.92 Å². The number of carbonyl (C=O) groups is 2. The minimum atomic E-state index is -1.22. The topological polar surface area (TPSA) is 75.6 Å². The summed E-state index contributed by atoms with van der Waals surface area (Å²) in [5.74, 6) is -1.33. The van der Waals surface area contributed by atoms with E-state index in [-0.39, 0.29) is 12.0 Å². The third kappa shape index (κ3) is 4.20. The van der Waals surface area contributed by atoms with Gasteiger partial charge in [0, 0.05) is 0 Å². The third-order valence-corrected chi connectivity index (χ3v) is 3.90. The van der Waals surface area contributed by atoms with Gasteiger partial charge in [0.15, 0.2) is 0 Å². The molecule has 1 aliphatic carbocycles. The molecule has 2 N–H and O–H groups in total. The standard InChI is InChI=1S/C14H25NO4/c1-4-11(19-10-8-6-7-9-10)12(16)15-14(3,5-2)13(17)18/h10-11H,4-9H2,1-3H3,(H,15,16)(H,17,18). The predicted octanol–water partition coefficient (Wildman–Crippen LogP) is 2.09. The van der Waals surface area contributed by atoms with Crippen LogP contribution in [-0.2, 0) is 14.3 Å². The zero-order chi connectivity index (χ0) is 14.5. The van der Waals surface area contributed by atoms with Crippen LogP contribution in [0.3, 0.4) is 0 Å². The molecule has 0 aromatic heterocycles. The maximum atomic E-state index is 12.1. The second-order valence-corrected chi connectivity index (χ2v) is 5.42. The molecule has 2 unspecified atom stereocenters. The summed E-state index contributed by atoms with van der Waals surface area (Å²) in [6.45, 7) is 5.14. The summed E-state index contributed by atoms with van der Waals surface area (Å²) in [4.78, 5) is 23.3. The van der Waals surface area contributed by atoms with Crippen LogP contribution in [0.2, 0.25) is 0 Å². The Hall–Kier alpha value is -1.10. The van der Waals surface area contributed by atoms with E-state index >= 15 is 0 Å². The van der Waals surface area contributed by atoms with Gasteiger partial charge in [-0.2, -0.15) is 0 Å². The second kappa shape index (κ2) is 6.89. The van der Waals surface area contributed by atoms with Crippen LogP contribution < -0.4 is 5.32 Å². The Morgan fingerprint density at radius 3 is 2.37 bits per heavy atom. The fourth-order valence-electron chi connectivity index (χ4n) is 2.25. The van der Waals surface area contributed by atoms with Gasteiger partial charge in [0.05, 0.1) is 6.10 Å². The van der Waals surface area contributed by atoms with Crippen molar-refractivity contribution in [3.8, 4) is 0 Å². The number of amides is 1. The van der Waals surface area contributed by atoms with Crippen LogP contribution in [0.25, 0.3) is 0 Å². The van der Waals surface area contributed by atoms with Crippen molar-refractivity contribution < 1.29 is 19.4 Å². The van der Waals surface area contributed by atoms with Crippen molar-refractivity contribution in [1.29, 1.82) is 0 Å². The molecule has 0 bridgehead atoms. The van der Waals surface area contributed by atoms with E-state index in [4.69, 9.17) is 9.84 Å². The Bertz CT molecular complexity index is 325. The average Bonchev–Trinajstić information content (AvgIpc) is 2.88. The molecule has 5 nitrogen and oxygen atoms in total. The van der Waals surface area contributed by atoms with Gasteiger partial charge in [0.1, 0.15) is 11.6 Å². The summed E-state index contributed by atoms with van der Waals surface area (Å²) in [6.07, 6.45) is 4.77. The molecular weight excluding hydrogens is 246 g/mol. The molecule has 1 saturated carbocycles. The summed E-state index contributed by atoms with van der Waals surface area (Å²) >= 11 is 0. The zero-order valence-corrected chi connectivity index (χ0v) is 12.1. The number of nitrogens with one attached hydrogen (secondary N) is 1. The monoisotopic (exact) mass is 271 g/mol. The third-order valence-electron chi connectivity index (χ3n) is 3.90. The molecule has 0 heterocycles. The molecule has 0 aromatic carbocycles. The van der Waals surface area contributed by atoms with Gasteiger partial charge in [-0.15, -0.1) is 0 Å². The fraction of sp³-hybridized carbons (Fsp3) is 0.857. The summed E-state index contributed by atoms with van der Waals surface area (Å²) in [5, 5.41) is 11.8. The van der Waals surface area contributed by atoms with E-state index < -0.39 is 17.6 Å². The molecule has 0 saturated heterocycles. The van der Waals surface area contributed by atoms with Crippen LogP contribution in [0.1, 0.15) is 59.3 Å². The Labute approximate surface area is 114 Å². The molecule has 5 heteroatoms. The van der Waals surface area contributed by atoms with Gasteiger partial charge in [0.2, 0.25) is 5.91 Å². The lowest BCUT2D eigenvalue weighted by atomic mass is 9.98. The molecule has 110 valence electrons. The summed E-state index contributed by atoms with van der Waals surface area (Å²) < 4.78 is 5.79. The highest BCUT2D eigenvalue weighted by Crippen LogP contribution is 2.23. The normalized spacial score (nSPS) is 20.8. The molecule has 19 heavy (non-hydrogen) atoms. The molecule has 0 radical (unpaired) electrons. The number of carboxylic acid groups (broad SMARTS) is 1. The number of hydrogen-bond acceptors (Lipinski definition) is 3. The van der Waals surface area contributed by atoms with Gasteiger partial charge in [-0.25, -0.2) is 4.79 Å². The van der Waals surface area contributed by atoms with E-state index in [9.17, 15) is 9.59 Å². The quantitative estimate of drug-likeness (QED) is 0.743. The van der Waals surface area contributed by atoms with Crippen LogP contribution in [0.5, 0.6) is 0 Å².